The van der Waals surface area contributed by atoms with E-state index in [0.717, 1.165) is 26.1 Å². The highest BCUT2D eigenvalue weighted by molar-refractivity contribution is 5.94. The van der Waals surface area contributed by atoms with E-state index in [4.69, 9.17) is 0 Å². The summed E-state index contributed by atoms with van der Waals surface area (Å²) >= 11 is 0. The summed E-state index contributed by atoms with van der Waals surface area (Å²) in [7, 11) is 1.68. The van der Waals surface area contributed by atoms with Crippen LogP contribution in [0.3, 0.4) is 0 Å². The first kappa shape index (κ1) is 15.3. The van der Waals surface area contributed by atoms with Gasteiger partial charge in [0.25, 0.3) is 11.5 Å². The molecule has 2 heterocycles. The lowest BCUT2D eigenvalue weighted by Crippen LogP contribution is -2.35. The third-order valence-electron chi connectivity index (χ3n) is 4.26. The van der Waals surface area contributed by atoms with Gasteiger partial charge in [0.1, 0.15) is 0 Å². The molecule has 23 heavy (non-hydrogen) atoms. The lowest BCUT2D eigenvalue weighted by Gasteiger charge is -2.23. The Labute approximate surface area is 135 Å². The van der Waals surface area contributed by atoms with Crippen LogP contribution < -0.4 is 10.5 Å². The fourth-order valence-electron chi connectivity index (χ4n) is 2.88. The van der Waals surface area contributed by atoms with E-state index in [1.54, 1.807) is 19.3 Å². The van der Waals surface area contributed by atoms with Crippen molar-refractivity contribution in [1.82, 2.24) is 9.47 Å². The van der Waals surface area contributed by atoms with Crippen molar-refractivity contribution in [3.63, 3.8) is 0 Å². The van der Waals surface area contributed by atoms with Crippen molar-refractivity contribution in [3.05, 3.63) is 64.6 Å². The Hall–Kier alpha value is -2.56. The molecule has 0 N–H and O–H groups in total. The van der Waals surface area contributed by atoms with Crippen LogP contribution in [0.25, 0.3) is 0 Å². The highest BCUT2D eigenvalue weighted by Crippen LogP contribution is 2.16. The summed E-state index contributed by atoms with van der Waals surface area (Å²) in [6, 6.07) is 13.4. The molecule has 5 heteroatoms. The molecule has 1 aromatic heterocycles. The average molecular weight is 311 g/mol. The molecule has 0 atom stereocenters. The fourth-order valence-corrected chi connectivity index (χ4v) is 2.88. The lowest BCUT2D eigenvalue weighted by atomic mass is 10.2. The van der Waals surface area contributed by atoms with Gasteiger partial charge in [0.05, 0.1) is 0 Å². The van der Waals surface area contributed by atoms with Gasteiger partial charge in [-0.05, 0) is 24.6 Å². The molecular weight excluding hydrogens is 290 g/mol. The zero-order valence-corrected chi connectivity index (χ0v) is 13.3. The van der Waals surface area contributed by atoms with Crippen molar-refractivity contribution in [1.29, 1.82) is 0 Å². The molecule has 0 aliphatic carbocycles. The molecule has 2 aromatic rings. The SMILES string of the molecule is Cn1ccc(C(=O)N2CCCN(c3ccccc3)CC2)cc1=O. The molecule has 1 fully saturated rings. The first-order chi connectivity index (χ1) is 11.1. The fraction of sp³-hybridized carbons (Fsp3) is 0.333. The maximum absolute atomic E-state index is 12.6. The number of amides is 1. The minimum Gasteiger partial charge on any atom is -0.370 e. The van der Waals surface area contributed by atoms with Gasteiger partial charge >= 0.3 is 0 Å². The molecule has 1 aliphatic heterocycles. The van der Waals surface area contributed by atoms with Gasteiger partial charge in [0.15, 0.2) is 0 Å². The summed E-state index contributed by atoms with van der Waals surface area (Å²) in [6.45, 7) is 3.13. The van der Waals surface area contributed by atoms with Crippen LogP contribution in [0.5, 0.6) is 0 Å². The third kappa shape index (κ3) is 3.44. The quantitative estimate of drug-likeness (QED) is 0.848. The minimum atomic E-state index is -0.156. The van der Waals surface area contributed by atoms with Crippen LogP contribution in [-0.4, -0.2) is 41.6 Å². The summed E-state index contributed by atoms with van der Waals surface area (Å²) < 4.78 is 1.47. The number of benzene rings is 1. The van der Waals surface area contributed by atoms with Crippen molar-refractivity contribution >= 4 is 11.6 Å². The van der Waals surface area contributed by atoms with E-state index in [0.29, 0.717) is 12.1 Å². The summed E-state index contributed by atoms with van der Waals surface area (Å²) in [5.74, 6) is -0.0578. The predicted molar refractivity (Wildman–Crippen MR) is 90.9 cm³/mol. The normalized spacial score (nSPS) is 15.3. The number of anilines is 1. The van der Waals surface area contributed by atoms with E-state index in [2.05, 4.69) is 17.0 Å². The second-order valence-corrected chi connectivity index (χ2v) is 5.83. The molecule has 0 spiro atoms. The number of hydrogen-bond acceptors (Lipinski definition) is 3. The Bertz CT molecular complexity index is 739. The third-order valence-corrected chi connectivity index (χ3v) is 4.26. The highest BCUT2D eigenvalue weighted by atomic mass is 16.2. The van der Waals surface area contributed by atoms with E-state index < -0.39 is 0 Å². The van der Waals surface area contributed by atoms with Gasteiger partial charge in [0, 0.05) is 56.7 Å². The smallest absolute Gasteiger partial charge is 0.254 e. The predicted octanol–water partition coefficient (Wildman–Crippen LogP) is 1.74. The molecule has 0 bridgehead atoms. The number of hydrogen-bond donors (Lipinski definition) is 0. The molecule has 3 rings (SSSR count). The number of aromatic nitrogens is 1. The van der Waals surface area contributed by atoms with Crippen LogP contribution in [0.15, 0.2) is 53.5 Å². The molecule has 0 saturated carbocycles. The Morgan fingerprint density at radius 2 is 1.78 bits per heavy atom. The molecule has 1 amide bonds. The first-order valence-electron chi connectivity index (χ1n) is 7.91. The minimum absolute atomic E-state index is 0.0578. The number of para-hydroxylation sites is 1. The van der Waals surface area contributed by atoms with Crippen LogP contribution >= 0.6 is 0 Å². The second-order valence-electron chi connectivity index (χ2n) is 5.83. The average Bonchev–Trinajstić information content (AvgIpc) is 2.83. The van der Waals surface area contributed by atoms with Gasteiger partial charge in [-0.2, -0.15) is 0 Å². The summed E-state index contributed by atoms with van der Waals surface area (Å²) in [5, 5.41) is 0. The Morgan fingerprint density at radius 1 is 1.00 bits per heavy atom. The summed E-state index contributed by atoms with van der Waals surface area (Å²) in [4.78, 5) is 28.5. The second kappa shape index (κ2) is 6.69. The summed E-state index contributed by atoms with van der Waals surface area (Å²) in [6.07, 6.45) is 2.56. The molecule has 5 nitrogen and oxygen atoms in total. The number of pyridine rings is 1. The zero-order valence-electron chi connectivity index (χ0n) is 13.3. The molecule has 0 unspecified atom stereocenters. The Morgan fingerprint density at radius 3 is 2.52 bits per heavy atom. The lowest BCUT2D eigenvalue weighted by molar-refractivity contribution is 0.0766. The number of rotatable bonds is 2. The van der Waals surface area contributed by atoms with Crippen molar-refractivity contribution in [3.8, 4) is 0 Å². The molecule has 1 aliphatic rings. The largest absolute Gasteiger partial charge is 0.370 e. The molecular formula is C18H21N3O2. The van der Waals surface area contributed by atoms with Crippen molar-refractivity contribution in [2.24, 2.45) is 7.05 Å². The van der Waals surface area contributed by atoms with E-state index in [1.165, 1.54) is 16.3 Å². The highest BCUT2D eigenvalue weighted by Gasteiger charge is 2.20. The number of carbonyl (C=O) groups excluding carboxylic acids is 1. The standard InChI is InChI=1S/C18H21N3O2/c1-19-11-8-15(14-17(19)22)18(23)21-10-5-9-20(12-13-21)16-6-3-2-4-7-16/h2-4,6-8,11,14H,5,9-10,12-13H2,1H3. The maximum atomic E-state index is 12.6. The molecule has 1 saturated heterocycles. The van der Waals surface area contributed by atoms with Gasteiger partial charge in [-0.25, -0.2) is 0 Å². The first-order valence-corrected chi connectivity index (χ1v) is 7.91. The maximum Gasteiger partial charge on any atom is 0.254 e. The van der Waals surface area contributed by atoms with Crippen LogP contribution in [0.4, 0.5) is 5.69 Å². The van der Waals surface area contributed by atoms with E-state index in [-0.39, 0.29) is 11.5 Å². The van der Waals surface area contributed by atoms with Gasteiger partial charge < -0.3 is 14.4 Å². The number of carbonyl (C=O) groups is 1. The van der Waals surface area contributed by atoms with Gasteiger partial charge in [-0.15, -0.1) is 0 Å². The number of aryl methyl sites for hydroxylation is 1. The van der Waals surface area contributed by atoms with E-state index >= 15 is 0 Å². The molecule has 120 valence electrons. The topological polar surface area (TPSA) is 45.6 Å². The van der Waals surface area contributed by atoms with Crippen LogP contribution in [-0.2, 0) is 7.05 Å². The Kier molecular flexibility index (Phi) is 4.46. The van der Waals surface area contributed by atoms with Crippen LogP contribution in [0.2, 0.25) is 0 Å². The summed E-state index contributed by atoms with van der Waals surface area (Å²) in [5.41, 5.74) is 1.51. The van der Waals surface area contributed by atoms with Gasteiger partial charge in [-0.1, -0.05) is 18.2 Å². The van der Waals surface area contributed by atoms with Crippen molar-refractivity contribution < 1.29 is 4.79 Å². The van der Waals surface area contributed by atoms with E-state index in [9.17, 15) is 9.59 Å². The van der Waals surface area contributed by atoms with Gasteiger partial charge in [0.2, 0.25) is 0 Å². The molecule has 1 aromatic carbocycles. The van der Waals surface area contributed by atoms with Crippen LogP contribution in [0, 0.1) is 0 Å². The van der Waals surface area contributed by atoms with Crippen molar-refractivity contribution in [2.45, 2.75) is 6.42 Å². The van der Waals surface area contributed by atoms with E-state index in [1.807, 2.05) is 23.1 Å². The monoisotopic (exact) mass is 311 g/mol. The number of nitrogens with zero attached hydrogens (tertiary/aromatic N) is 3. The Balaban J connectivity index is 1.71. The zero-order chi connectivity index (χ0) is 16.2. The van der Waals surface area contributed by atoms with Crippen molar-refractivity contribution in [2.75, 3.05) is 31.1 Å². The van der Waals surface area contributed by atoms with Crippen LogP contribution in [0.1, 0.15) is 16.8 Å². The van der Waals surface area contributed by atoms with Gasteiger partial charge in [-0.3, -0.25) is 9.59 Å². The molecule has 0 radical (unpaired) electrons.